The van der Waals surface area contributed by atoms with E-state index in [4.69, 9.17) is 0 Å². The minimum Gasteiger partial charge on any atom is -0.353 e. The number of amides is 3. The molecule has 2 atom stereocenters. The van der Waals surface area contributed by atoms with Gasteiger partial charge in [-0.05, 0) is 43.0 Å². The molecule has 2 N–H and O–H groups in total. The summed E-state index contributed by atoms with van der Waals surface area (Å²) in [6, 6.07) is 2.33. The molecular weight excluding hydrogens is 376 g/mol. The van der Waals surface area contributed by atoms with Crippen molar-refractivity contribution in [1.82, 2.24) is 20.4 Å². The van der Waals surface area contributed by atoms with Crippen LogP contribution in [0.2, 0.25) is 0 Å². The first kappa shape index (κ1) is 19.4. The number of nitrogens with one attached hydrogen (secondary N) is 2. The summed E-state index contributed by atoms with van der Waals surface area (Å²) in [7, 11) is 0. The lowest BCUT2D eigenvalue weighted by Gasteiger charge is -2.32. The van der Waals surface area contributed by atoms with Crippen LogP contribution >= 0.6 is 11.3 Å². The fourth-order valence-electron chi connectivity index (χ4n) is 4.24. The van der Waals surface area contributed by atoms with Crippen LogP contribution in [0, 0.1) is 5.92 Å². The first-order valence-electron chi connectivity index (χ1n) is 10.2. The summed E-state index contributed by atoms with van der Waals surface area (Å²) in [5, 5.41) is 9.61. The topological polar surface area (TPSA) is 81.8 Å². The van der Waals surface area contributed by atoms with Crippen LogP contribution in [-0.2, 0) is 9.59 Å². The molecule has 1 saturated carbocycles. The van der Waals surface area contributed by atoms with Crippen molar-refractivity contribution in [2.24, 2.45) is 5.92 Å². The minimum absolute atomic E-state index is 0.0218. The van der Waals surface area contributed by atoms with E-state index in [-0.39, 0.29) is 36.3 Å². The normalized spacial score (nSPS) is 25.6. The van der Waals surface area contributed by atoms with Gasteiger partial charge in [0, 0.05) is 55.6 Å². The number of hydrogen-bond acceptors (Lipinski definition) is 5. The summed E-state index contributed by atoms with van der Waals surface area (Å²) < 4.78 is 0. The minimum atomic E-state index is -0.0742. The maximum absolute atomic E-state index is 12.7. The molecule has 3 amide bonds. The van der Waals surface area contributed by atoms with Crippen LogP contribution in [0.5, 0.6) is 0 Å². The number of carbonyl (C=O) groups excluding carboxylic acids is 3. The average Bonchev–Trinajstić information content (AvgIpc) is 3.19. The molecule has 4 rings (SSSR count). The maximum atomic E-state index is 12.7. The van der Waals surface area contributed by atoms with E-state index in [0.717, 1.165) is 25.3 Å². The van der Waals surface area contributed by atoms with Crippen LogP contribution in [0.25, 0.3) is 0 Å². The Hall–Kier alpha value is -1.93. The third-order valence-electron chi connectivity index (χ3n) is 6.02. The highest BCUT2D eigenvalue weighted by Gasteiger charge is 2.38. The second-order valence-electron chi connectivity index (χ2n) is 8.12. The molecule has 3 aliphatic rings. The van der Waals surface area contributed by atoms with Crippen molar-refractivity contribution >= 4 is 29.1 Å². The Morgan fingerprint density at radius 3 is 2.75 bits per heavy atom. The summed E-state index contributed by atoms with van der Waals surface area (Å²) in [6.07, 6.45) is 4.95. The van der Waals surface area contributed by atoms with Crippen LogP contribution in [0.3, 0.4) is 0 Å². The number of rotatable bonds is 7. The molecule has 3 fully saturated rings. The highest BCUT2D eigenvalue weighted by Crippen LogP contribution is 2.35. The molecule has 8 heteroatoms. The summed E-state index contributed by atoms with van der Waals surface area (Å²) in [6.45, 7) is 2.95. The van der Waals surface area contributed by atoms with Gasteiger partial charge in [-0.2, -0.15) is 11.3 Å². The molecule has 1 aromatic heterocycles. The Morgan fingerprint density at radius 2 is 2.04 bits per heavy atom. The van der Waals surface area contributed by atoms with Crippen molar-refractivity contribution in [3.63, 3.8) is 0 Å². The van der Waals surface area contributed by atoms with Gasteiger partial charge in [-0.3, -0.25) is 19.3 Å². The molecule has 2 saturated heterocycles. The van der Waals surface area contributed by atoms with Crippen molar-refractivity contribution < 1.29 is 14.4 Å². The molecule has 0 bridgehead atoms. The predicted octanol–water partition coefficient (Wildman–Crippen LogP) is 1.07. The Bertz CT molecular complexity index is 719. The third kappa shape index (κ3) is 4.72. The van der Waals surface area contributed by atoms with Crippen molar-refractivity contribution in [3.8, 4) is 0 Å². The van der Waals surface area contributed by atoms with E-state index in [0.29, 0.717) is 31.6 Å². The van der Waals surface area contributed by atoms with E-state index in [9.17, 15) is 14.4 Å². The van der Waals surface area contributed by atoms with Gasteiger partial charge in [-0.25, -0.2) is 0 Å². The molecule has 152 valence electrons. The quantitative estimate of drug-likeness (QED) is 0.712. The molecule has 2 aliphatic heterocycles. The molecule has 3 heterocycles. The number of nitrogens with zero attached hydrogens (tertiary/aromatic N) is 2. The van der Waals surface area contributed by atoms with E-state index >= 15 is 0 Å². The van der Waals surface area contributed by atoms with Crippen LogP contribution in [0.15, 0.2) is 16.8 Å². The van der Waals surface area contributed by atoms with Crippen LogP contribution in [0.1, 0.15) is 42.5 Å². The fraction of sp³-hybridized carbons (Fsp3) is 0.650. The van der Waals surface area contributed by atoms with Gasteiger partial charge in [0.15, 0.2) is 0 Å². The molecule has 28 heavy (non-hydrogen) atoms. The first-order valence-corrected chi connectivity index (χ1v) is 11.1. The highest BCUT2D eigenvalue weighted by molar-refractivity contribution is 7.08. The summed E-state index contributed by atoms with van der Waals surface area (Å²) in [5.74, 6) is 0.705. The molecular formula is C20H28N4O3S. The van der Waals surface area contributed by atoms with Crippen LogP contribution in [-0.4, -0.2) is 72.3 Å². The number of thiophene rings is 1. The lowest BCUT2D eigenvalue weighted by atomic mass is 10.1. The SMILES string of the molecule is O=C1CN(C(=O)C[C@H]2CC[C@@H](CNC(=O)c3ccsc3)N2CC2CC2)CCN1. The number of carbonyl (C=O) groups is 3. The first-order chi connectivity index (χ1) is 13.6. The van der Waals surface area contributed by atoms with Gasteiger partial charge >= 0.3 is 0 Å². The molecule has 0 unspecified atom stereocenters. The molecule has 1 aromatic rings. The zero-order valence-electron chi connectivity index (χ0n) is 16.1. The van der Waals surface area contributed by atoms with Gasteiger partial charge in [0.25, 0.3) is 5.91 Å². The Labute approximate surface area is 169 Å². The summed E-state index contributed by atoms with van der Waals surface area (Å²) >= 11 is 1.52. The molecule has 1 aliphatic carbocycles. The fourth-order valence-corrected chi connectivity index (χ4v) is 4.87. The lowest BCUT2D eigenvalue weighted by molar-refractivity contribution is -0.139. The number of piperazine rings is 1. The van der Waals surface area contributed by atoms with Gasteiger partial charge in [0.05, 0.1) is 6.54 Å². The molecule has 0 spiro atoms. The van der Waals surface area contributed by atoms with Gasteiger partial charge in [-0.15, -0.1) is 0 Å². The number of likely N-dealkylation sites (tertiary alicyclic amines) is 1. The zero-order chi connectivity index (χ0) is 19.5. The summed E-state index contributed by atoms with van der Waals surface area (Å²) in [5.41, 5.74) is 0.715. The summed E-state index contributed by atoms with van der Waals surface area (Å²) in [4.78, 5) is 40.7. The van der Waals surface area contributed by atoms with Gasteiger partial charge in [-0.1, -0.05) is 0 Å². The van der Waals surface area contributed by atoms with Crippen molar-refractivity contribution in [1.29, 1.82) is 0 Å². The van der Waals surface area contributed by atoms with E-state index < -0.39 is 0 Å². The van der Waals surface area contributed by atoms with Gasteiger partial charge in [0.1, 0.15) is 0 Å². The van der Waals surface area contributed by atoms with E-state index in [1.165, 1.54) is 24.2 Å². The Morgan fingerprint density at radius 1 is 1.21 bits per heavy atom. The standard InChI is InChI=1S/C20H28N4O3S/c25-18-12-23(7-6-21-18)19(26)9-16-3-4-17(24(16)11-14-1-2-14)10-22-20(27)15-5-8-28-13-15/h5,8,13-14,16-17H,1-4,6-7,9-12H2,(H,21,25)(H,22,27)/t16-,17+/m1/s1. The monoisotopic (exact) mass is 404 g/mol. The van der Waals surface area contributed by atoms with Crippen molar-refractivity contribution in [2.45, 2.75) is 44.2 Å². The molecule has 0 radical (unpaired) electrons. The molecule has 0 aromatic carbocycles. The van der Waals surface area contributed by atoms with E-state index in [1.807, 2.05) is 16.8 Å². The van der Waals surface area contributed by atoms with Crippen LogP contribution < -0.4 is 10.6 Å². The van der Waals surface area contributed by atoms with Gasteiger partial charge in [0.2, 0.25) is 11.8 Å². The Balaban J connectivity index is 1.34. The van der Waals surface area contributed by atoms with E-state index in [1.54, 1.807) is 4.90 Å². The van der Waals surface area contributed by atoms with Crippen LogP contribution in [0.4, 0.5) is 0 Å². The largest absolute Gasteiger partial charge is 0.353 e. The predicted molar refractivity (Wildman–Crippen MR) is 107 cm³/mol. The van der Waals surface area contributed by atoms with Crippen molar-refractivity contribution in [3.05, 3.63) is 22.4 Å². The zero-order valence-corrected chi connectivity index (χ0v) is 16.9. The Kier molecular flexibility index (Phi) is 5.96. The maximum Gasteiger partial charge on any atom is 0.252 e. The second kappa shape index (κ2) is 8.61. The second-order valence-corrected chi connectivity index (χ2v) is 8.90. The molecule has 7 nitrogen and oxygen atoms in total. The average molecular weight is 405 g/mol. The van der Waals surface area contributed by atoms with E-state index in [2.05, 4.69) is 15.5 Å². The smallest absolute Gasteiger partial charge is 0.252 e. The third-order valence-corrected chi connectivity index (χ3v) is 6.70. The highest BCUT2D eigenvalue weighted by atomic mass is 32.1. The van der Waals surface area contributed by atoms with Gasteiger partial charge < -0.3 is 15.5 Å². The number of hydrogen-bond donors (Lipinski definition) is 2. The van der Waals surface area contributed by atoms with Crippen molar-refractivity contribution in [2.75, 3.05) is 32.7 Å². The lowest BCUT2D eigenvalue weighted by Crippen LogP contribution is -2.51.